The van der Waals surface area contributed by atoms with Crippen LogP contribution < -0.4 is 5.32 Å². The second-order valence-corrected chi connectivity index (χ2v) is 6.79. The Bertz CT molecular complexity index is 239. The van der Waals surface area contributed by atoms with Gasteiger partial charge in [-0.3, -0.25) is 0 Å². The van der Waals surface area contributed by atoms with E-state index < -0.39 is 0 Å². The van der Waals surface area contributed by atoms with Crippen LogP contribution in [-0.2, 0) is 4.74 Å². The molecule has 2 aliphatic heterocycles. The highest BCUT2D eigenvalue weighted by atomic mass is 16.5. The lowest BCUT2D eigenvalue weighted by Crippen LogP contribution is -2.37. The molecule has 0 aromatic rings. The van der Waals surface area contributed by atoms with Gasteiger partial charge in [-0.2, -0.15) is 0 Å². The Hall–Kier alpha value is -0.0800. The molecule has 4 atom stereocenters. The Labute approximate surface area is 107 Å². The minimum absolute atomic E-state index is 0.479. The minimum atomic E-state index is 0.479. The van der Waals surface area contributed by atoms with E-state index in [9.17, 15) is 0 Å². The molecule has 2 fully saturated rings. The second kappa shape index (κ2) is 5.71. The summed E-state index contributed by atoms with van der Waals surface area (Å²) in [5.41, 5.74) is 0. The van der Waals surface area contributed by atoms with Crippen LogP contribution in [0.5, 0.6) is 0 Å². The predicted molar refractivity (Wildman–Crippen MR) is 72.0 cm³/mol. The van der Waals surface area contributed by atoms with Crippen LogP contribution in [0.4, 0.5) is 0 Å². The van der Waals surface area contributed by atoms with E-state index in [1.807, 2.05) is 0 Å². The van der Waals surface area contributed by atoms with Crippen molar-refractivity contribution in [3.63, 3.8) is 0 Å². The van der Waals surface area contributed by atoms with Gasteiger partial charge >= 0.3 is 0 Å². The first-order chi connectivity index (χ1) is 8.08. The van der Waals surface area contributed by atoms with Gasteiger partial charge in [0, 0.05) is 19.2 Å². The number of fused-ring (bicyclic) bond motifs is 1. The summed E-state index contributed by atoms with van der Waals surface area (Å²) >= 11 is 0. The lowest BCUT2D eigenvalue weighted by Gasteiger charge is -2.25. The van der Waals surface area contributed by atoms with Crippen molar-refractivity contribution >= 4 is 0 Å². The highest BCUT2D eigenvalue weighted by Gasteiger charge is 2.40. The quantitative estimate of drug-likeness (QED) is 0.817. The third kappa shape index (κ3) is 3.23. The number of hydrogen-bond acceptors (Lipinski definition) is 2. The number of hydrogen-bond donors (Lipinski definition) is 1. The van der Waals surface area contributed by atoms with Crippen LogP contribution >= 0.6 is 0 Å². The van der Waals surface area contributed by atoms with Crippen molar-refractivity contribution in [3.8, 4) is 0 Å². The van der Waals surface area contributed by atoms with Crippen molar-refractivity contribution in [2.75, 3.05) is 13.2 Å². The normalized spacial score (nSPS) is 38.5. The maximum absolute atomic E-state index is 6.15. The Morgan fingerprint density at radius 3 is 2.65 bits per heavy atom. The highest BCUT2D eigenvalue weighted by Crippen LogP contribution is 2.34. The van der Waals surface area contributed by atoms with Crippen LogP contribution in [-0.4, -0.2) is 25.3 Å². The van der Waals surface area contributed by atoms with Gasteiger partial charge in [0.05, 0.1) is 6.10 Å². The number of ether oxygens (including phenoxy) is 1. The standard InChI is InChI=1S/C15H29NO/c1-10(2)7-12-5-6-17-15-13(8-12)9-16-14(15)11(3)4/h10-16H,5-9H2,1-4H3/t12-,13-,14?,15?/m0/s1. The van der Waals surface area contributed by atoms with E-state index in [4.69, 9.17) is 4.74 Å². The van der Waals surface area contributed by atoms with Crippen LogP contribution in [0.15, 0.2) is 0 Å². The summed E-state index contributed by atoms with van der Waals surface area (Å²) in [4.78, 5) is 0. The molecule has 2 aliphatic rings. The highest BCUT2D eigenvalue weighted by molar-refractivity contribution is 4.95. The molecular weight excluding hydrogens is 210 g/mol. The summed E-state index contributed by atoms with van der Waals surface area (Å²) in [5.74, 6) is 3.16. The maximum Gasteiger partial charge on any atom is 0.0770 e. The first kappa shape index (κ1) is 13.4. The Morgan fingerprint density at radius 2 is 2.00 bits per heavy atom. The molecular formula is C15H29NO. The van der Waals surface area contributed by atoms with E-state index in [1.165, 1.54) is 25.8 Å². The van der Waals surface area contributed by atoms with E-state index in [2.05, 4.69) is 33.0 Å². The van der Waals surface area contributed by atoms with Crippen molar-refractivity contribution in [2.24, 2.45) is 23.7 Å². The van der Waals surface area contributed by atoms with E-state index in [0.717, 1.165) is 24.4 Å². The summed E-state index contributed by atoms with van der Waals surface area (Å²) in [6.45, 7) is 11.4. The molecule has 0 amide bonds. The molecule has 0 aromatic heterocycles. The molecule has 0 radical (unpaired) electrons. The minimum Gasteiger partial charge on any atom is -0.376 e. The smallest absolute Gasteiger partial charge is 0.0770 e. The lowest BCUT2D eigenvalue weighted by molar-refractivity contribution is 0.0200. The van der Waals surface area contributed by atoms with E-state index in [-0.39, 0.29) is 0 Å². The van der Waals surface area contributed by atoms with Crippen molar-refractivity contribution < 1.29 is 4.74 Å². The fourth-order valence-electron chi connectivity index (χ4n) is 3.68. The molecule has 2 saturated heterocycles. The van der Waals surface area contributed by atoms with Crippen molar-refractivity contribution in [3.05, 3.63) is 0 Å². The van der Waals surface area contributed by atoms with Gasteiger partial charge < -0.3 is 10.1 Å². The van der Waals surface area contributed by atoms with Gasteiger partial charge in [-0.25, -0.2) is 0 Å². The average molecular weight is 239 g/mol. The third-order valence-corrected chi connectivity index (χ3v) is 4.43. The molecule has 0 aliphatic carbocycles. The van der Waals surface area contributed by atoms with Crippen molar-refractivity contribution in [1.82, 2.24) is 5.32 Å². The lowest BCUT2D eigenvalue weighted by atomic mass is 9.84. The van der Waals surface area contributed by atoms with Gasteiger partial charge in [0.1, 0.15) is 0 Å². The summed E-state index contributed by atoms with van der Waals surface area (Å²) in [6.07, 6.45) is 4.50. The van der Waals surface area contributed by atoms with Gasteiger partial charge in [-0.15, -0.1) is 0 Å². The first-order valence-corrected chi connectivity index (χ1v) is 7.43. The molecule has 100 valence electrons. The average Bonchev–Trinajstić information content (AvgIpc) is 2.51. The Balaban J connectivity index is 1.95. The molecule has 0 bridgehead atoms. The number of nitrogens with one attached hydrogen (secondary N) is 1. The van der Waals surface area contributed by atoms with Crippen molar-refractivity contribution in [2.45, 2.75) is 59.1 Å². The van der Waals surface area contributed by atoms with Crippen LogP contribution in [0.3, 0.4) is 0 Å². The van der Waals surface area contributed by atoms with Crippen LogP contribution in [0.25, 0.3) is 0 Å². The van der Waals surface area contributed by atoms with Gasteiger partial charge in [0.15, 0.2) is 0 Å². The van der Waals surface area contributed by atoms with Gasteiger partial charge in [0.25, 0.3) is 0 Å². The largest absolute Gasteiger partial charge is 0.376 e. The summed E-state index contributed by atoms with van der Waals surface area (Å²) < 4.78 is 6.15. The van der Waals surface area contributed by atoms with Crippen LogP contribution in [0, 0.1) is 23.7 Å². The molecule has 2 nitrogen and oxygen atoms in total. The summed E-state index contributed by atoms with van der Waals surface area (Å²) in [7, 11) is 0. The molecule has 2 heteroatoms. The molecule has 2 rings (SSSR count). The SMILES string of the molecule is CC(C)C[C@@H]1CCOC2C(C(C)C)NC[C@@H]2C1. The maximum atomic E-state index is 6.15. The van der Waals surface area contributed by atoms with Gasteiger partial charge in [0.2, 0.25) is 0 Å². The predicted octanol–water partition coefficient (Wildman–Crippen LogP) is 3.07. The van der Waals surface area contributed by atoms with Gasteiger partial charge in [-0.1, -0.05) is 27.7 Å². The third-order valence-electron chi connectivity index (χ3n) is 4.43. The molecule has 1 N–H and O–H groups in total. The molecule has 2 heterocycles. The molecule has 0 saturated carbocycles. The molecule has 2 unspecified atom stereocenters. The van der Waals surface area contributed by atoms with Crippen LogP contribution in [0.1, 0.15) is 47.0 Å². The Kier molecular flexibility index (Phi) is 4.48. The molecule has 0 spiro atoms. The second-order valence-electron chi connectivity index (χ2n) is 6.79. The summed E-state index contributed by atoms with van der Waals surface area (Å²) in [6, 6.07) is 0.581. The van der Waals surface area contributed by atoms with Crippen LogP contribution in [0.2, 0.25) is 0 Å². The first-order valence-electron chi connectivity index (χ1n) is 7.43. The van der Waals surface area contributed by atoms with E-state index in [0.29, 0.717) is 18.1 Å². The zero-order chi connectivity index (χ0) is 12.4. The molecule has 17 heavy (non-hydrogen) atoms. The zero-order valence-corrected chi connectivity index (χ0v) is 11.9. The topological polar surface area (TPSA) is 21.3 Å². The van der Waals surface area contributed by atoms with Gasteiger partial charge in [-0.05, 0) is 42.9 Å². The van der Waals surface area contributed by atoms with E-state index >= 15 is 0 Å². The fraction of sp³-hybridized carbons (Fsp3) is 1.00. The van der Waals surface area contributed by atoms with E-state index in [1.54, 1.807) is 0 Å². The fourth-order valence-corrected chi connectivity index (χ4v) is 3.68. The Morgan fingerprint density at radius 1 is 1.24 bits per heavy atom. The summed E-state index contributed by atoms with van der Waals surface area (Å²) in [5, 5.41) is 3.67. The number of rotatable bonds is 3. The monoisotopic (exact) mass is 239 g/mol. The molecule has 0 aromatic carbocycles. The van der Waals surface area contributed by atoms with Crippen molar-refractivity contribution in [1.29, 1.82) is 0 Å². The zero-order valence-electron chi connectivity index (χ0n) is 11.9.